The zero-order valence-corrected chi connectivity index (χ0v) is 13.3. The standard InChI is InChI=1S/C14H19BrN2O3/c1-10(18)17-5-3-16(4-6-17)9-11-7-12(15)14(19)13(8-11)20-2/h7-8,19H,3-6,9H2,1-2H3. The highest BCUT2D eigenvalue weighted by Gasteiger charge is 2.19. The van der Waals surface area contributed by atoms with Crippen LogP contribution >= 0.6 is 15.9 Å². The van der Waals surface area contributed by atoms with Gasteiger partial charge in [0.2, 0.25) is 5.91 Å². The molecule has 1 aliphatic heterocycles. The fourth-order valence-corrected chi connectivity index (χ4v) is 2.84. The second kappa shape index (κ2) is 6.45. The Hall–Kier alpha value is -1.27. The zero-order chi connectivity index (χ0) is 14.7. The lowest BCUT2D eigenvalue weighted by Crippen LogP contribution is -2.47. The van der Waals surface area contributed by atoms with Crippen LogP contribution in [0.15, 0.2) is 16.6 Å². The van der Waals surface area contributed by atoms with Gasteiger partial charge in [0, 0.05) is 39.6 Å². The molecule has 0 bridgehead atoms. The maximum atomic E-state index is 11.3. The van der Waals surface area contributed by atoms with Crippen LogP contribution in [0.4, 0.5) is 0 Å². The third kappa shape index (κ3) is 3.43. The van der Waals surface area contributed by atoms with E-state index in [4.69, 9.17) is 4.74 Å². The molecular formula is C14H19BrN2O3. The molecule has 0 unspecified atom stereocenters. The Balaban J connectivity index is 2.01. The number of hydrogen-bond acceptors (Lipinski definition) is 4. The van der Waals surface area contributed by atoms with Crippen LogP contribution in [0, 0.1) is 0 Å². The lowest BCUT2D eigenvalue weighted by atomic mass is 10.1. The van der Waals surface area contributed by atoms with E-state index in [-0.39, 0.29) is 11.7 Å². The average Bonchev–Trinajstić information content (AvgIpc) is 2.43. The number of halogens is 1. The number of carbonyl (C=O) groups is 1. The van der Waals surface area contributed by atoms with Gasteiger partial charge in [0.25, 0.3) is 0 Å². The van der Waals surface area contributed by atoms with Crippen molar-refractivity contribution in [2.24, 2.45) is 0 Å². The van der Waals surface area contributed by atoms with E-state index in [1.54, 1.807) is 6.92 Å². The molecule has 0 radical (unpaired) electrons. The Bertz CT molecular complexity index is 499. The normalized spacial score (nSPS) is 16.2. The number of aromatic hydroxyl groups is 1. The molecule has 5 nitrogen and oxygen atoms in total. The second-order valence-electron chi connectivity index (χ2n) is 4.91. The number of ether oxygens (including phenoxy) is 1. The van der Waals surface area contributed by atoms with E-state index in [1.165, 1.54) is 7.11 Å². The molecule has 0 aliphatic carbocycles. The highest BCUT2D eigenvalue weighted by Crippen LogP contribution is 2.35. The van der Waals surface area contributed by atoms with Gasteiger partial charge in [-0.05, 0) is 33.6 Å². The predicted octanol–water partition coefficient (Wildman–Crippen LogP) is 1.83. The van der Waals surface area contributed by atoms with E-state index in [2.05, 4.69) is 20.8 Å². The van der Waals surface area contributed by atoms with Gasteiger partial charge in [-0.15, -0.1) is 0 Å². The molecule has 110 valence electrons. The summed E-state index contributed by atoms with van der Waals surface area (Å²) >= 11 is 3.33. The Kier molecular flexibility index (Phi) is 4.88. The Morgan fingerprint density at radius 3 is 2.55 bits per heavy atom. The summed E-state index contributed by atoms with van der Waals surface area (Å²) in [7, 11) is 1.54. The van der Waals surface area contributed by atoms with Crippen molar-refractivity contribution < 1.29 is 14.6 Å². The lowest BCUT2D eigenvalue weighted by Gasteiger charge is -2.34. The van der Waals surface area contributed by atoms with Gasteiger partial charge < -0.3 is 14.7 Å². The fourth-order valence-electron chi connectivity index (χ4n) is 2.35. The molecular weight excluding hydrogens is 324 g/mol. The molecule has 0 atom stereocenters. The summed E-state index contributed by atoms with van der Waals surface area (Å²) in [6.07, 6.45) is 0. The summed E-state index contributed by atoms with van der Waals surface area (Å²) < 4.78 is 5.79. The quantitative estimate of drug-likeness (QED) is 0.910. The first-order valence-electron chi connectivity index (χ1n) is 6.54. The minimum Gasteiger partial charge on any atom is -0.503 e. The van der Waals surface area contributed by atoms with Crippen LogP contribution in [-0.4, -0.2) is 54.1 Å². The average molecular weight is 343 g/mol. The molecule has 2 rings (SSSR count). The molecule has 20 heavy (non-hydrogen) atoms. The van der Waals surface area contributed by atoms with Gasteiger partial charge in [-0.2, -0.15) is 0 Å². The number of nitrogens with zero attached hydrogens (tertiary/aromatic N) is 2. The molecule has 1 amide bonds. The van der Waals surface area contributed by atoms with E-state index in [9.17, 15) is 9.90 Å². The summed E-state index contributed by atoms with van der Waals surface area (Å²) in [6, 6.07) is 3.74. The van der Waals surface area contributed by atoms with Crippen LogP contribution in [0.1, 0.15) is 12.5 Å². The van der Waals surface area contributed by atoms with Crippen LogP contribution in [0.5, 0.6) is 11.5 Å². The number of rotatable bonds is 3. The molecule has 0 aromatic heterocycles. The molecule has 1 N–H and O–H groups in total. The topological polar surface area (TPSA) is 53.0 Å². The van der Waals surface area contributed by atoms with Crippen molar-refractivity contribution in [2.45, 2.75) is 13.5 Å². The van der Waals surface area contributed by atoms with Gasteiger partial charge in [-0.25, -0.2) is 0 Å². The number of phenolic OH excluding ortho intramolecular Hbond substituents is 1. The monoisotopic (exact) mass is 342 g/mol. The summed E-state index contributed by atoms with van der Waals surface area (Å²) in [5.74, 6) is 0.730. The smallest absolute Gasteiger partial charge is 0.219 e. The van der Waals surface area contributed by atoms with Gasteiger partial charge in [-0.1, -0.05) is 0 Å². The lowest BCUT2D eigenvalue weighted by molar-refractivity contribution is -0.130. The molecule has 0 spiro atoms. The van der Waals surface area contributed by atoms with Crippen LogP contribution in [-0.2, 0) is 11.3 Å². The number of piperazine rings is 1. The van der Waals surface area contributed by atoms with Crippen molar-refractivity contribution in [1.82, 2.24) is 9.80 Å². The summed E-state index contributed by atoms with van der Waals surface area (Å²) in [6.45, 7) is 5.65. The number of methoxy groups -OCH3 is 1. The zero-order valence-electron chi connectivity index (χ0n) is 11.7. The highest BCUT2D eigenvalue weighted by atomic mass is 79.9. The summed E-state index contributed by atoms with van der Waals surface area (Å²) in [5, 5.41) is 9.79. The van der Waals surface area contributed by atoms with E-state index >= 15 is 0 Å². The van der Waals surface area contributed by atoms with E-state index in [0.29, 0.717) is 10.2 Å². The van der Waals surface area contributed by atoms with Gasteiger partial charge in [0.15, 0.2) is 11.5 Å². The maximum absolute atomic E-state index is 11.3. The molecule has 1 aromatic rings. The summed E-state index contributed by atoms with van der Waals surface area (Å²) in [4.78, 5) is 15.4. The van der Waals surface area contributed by atoms with Crippen molar-refractivity contribution in [3.63, 3.8) is 0 Å². The predicted molar refractivity (Wildman–Crippen MR) is 79.9 cm³/mol. The maximum Gasteiger partial charge on any atom is 0.219 e. The van der Waals surface area contributed by atoms with Gasteiger partial charge >= 0.3 is 0 Å². The Morgan fingerprint density at radius 2 is 2.00 bits per heavy atom. The molecule has 0 saturated carbocycles. The van der Waals surface area contributed by atoms with E-state index in [0.717, 1.165) is 38.3 Å². The minimum absolute atomic E-state index is 0.123. The Morgan fingerprint density at radius 1 is 1.35 bits per heavy atom. The third-order valence-electron chi connectivity index (χ3n) is 3.53. The number of carbonyl (C=O) groups excluding carboxylic acids is 1. The van der Waals surface area contributed by atoms with Crippen LogP contribution in [0.25, 0.3) is 0 Å². The highest BCUT2D eigenvalue weighted by molar-refractivity contribution is 9.10. The molecule has 1 aliphatic rings. The van der Waals surface area contributed by atoms with Crippen LogP contribution in [0.2, 0.25) is 0 Å². The molecule has 1 heterocycles. The van der Waals surface area contributed by atoms with Gasteiger partial charge in [0.1, 0.15) is 0 Å². The number of phenols is 1. The van der Waals surface area contributed by atoms with E-state index < -0.39 is 0 Å². The third-order valence-corrected chi connectivity index (χ3v) is 4.14. The minimum atomic E-state index is 0.123. The number of hydrogen-bond donors (Lipinski definition) is 1. The number of benzene rings is 1. The van der Waals surface area contributed by atoms with Crippen molar-refractivity contribution in [1.29, 1.82) is 0 Å². The Labute approximate surface area is 127 Å². The van der Waals surface area contributed by atoms with Crippen molar-refractivity contribution in [2.75, 3.05) is 33.3 Å². The van der Waals surface area contributed by atoms with E-state index in [1.807, 2.05) is 17.0 Å². The second-order valence-corrected chi connectivity index (χ2v) is 5.77. The number of amides is 1. The first-order chi connectivity index (χ1) is 9.51. The fraction of sp³-hybridized carbons (Fsp3) is 0.500. The molecule has 1 saturated heterocycles. The van der Waals surface area contributed by atoms with Crippen molar-refractivity contribution in [3.8, 4) is 11.5 Å². The molecule has 1 aromatic carbocycles. The van der Waals surface area contributed by atoms with Crippen LogP contribution in [0.3, 0.4) is 0 Å². The summed E-state index contributed by atoms with van der Waals surface area (Å²) in [5.41, 5.74) is 1.07. The van der Waals surface area contributed by atoms with Gasteiger partial charge in [-0.3, -0.25) is 9.69 Å². The van der Waals surface area contributed by atoms with Crippen LogP contribution < -0.4 is 4.74 Å². The SMILES string of the molecule is COc1cc(CN2CCN(C(C)=O)CC2)cc(Br)c1O. The first-order valence-corrected chi connectivity index (χ1v) is 7.34. The first kappa shape index (κ1) is 15.1. The van der Waals surface area contributed by atoms with Crippen molar-refractivity contribution in [3.05, 3.63) is 22.2 Å². The molecule has 1 fully saturated rings. The van der Waals surface area contributed by atoms with Gasteiger partial charge in [0.05, 0.1) is 11.6 Å². The van der Waals surface area contributed by atoms with Crippen molar-refractivity contribution >= 4 is 21.8 Å². The molecule has 6 heteroatoms. The largest absolute Gasteiger partial charge is 0.503 e.